The Morgan fingerprint density at radius 3 is 2.81 bits per heavy atom. The summed E-state index contributed by atoms with van der Waals surface area (Å²) in [5.41, 5.74) is 4.97. The molecule has 0 radical (unpaired) electrons. The number of anilines is 1. The first kappa shape index (κ1) is 17.6. The van der Waals surface area contributed by atoms with E-state index in [2.05, 4.69) is 53.4 Å². The van der Waals surface area contributed by atoms with Crippen LogP contribution in [0.3, 0.4) is 0 Å². The maximum Gasteiger partial charge on any atom is 0.254 e. The van der Waals surface area contributed by atoms with E-state index in [-0.39, 0.29) is 11.9 Å². The number of carbonyl (C=O) groups excluding carboxylic acids is 1. The van der Waals surface area contributed by atoms with E-state index in [1.807, 2.05) is 23.1 Å². The molecule has 4 rings (SSSR count). The number of nitrogens with zero attached hydrogens (tertiary/aromatic N) is 2. The third kappa shape index (κ3) is 3.82. The van der Waals surface area contributed by atoms with Gasteiger partial charge in [0.25, 0.3) is 5.91 Å². The number of nitrogens with one attached hydrogen (secondary N) is 2. The first-order valence-electron chi connectivity index (χ1n) is 9.69. The van der Waals surface area contributed by atoms with E-state index in [0.29, 0.717) is 11.5 Å². The first-order chi connectivity index (χ1) is 13.1. The Labute approximate surface area is 159 Å². The molecule has 1 unspecified atom stereocenters. The second-order valence-corrected chi connectivity index (χ2v) is 7.65. The smallest absolute Gasteiger partial charge is 0.254 e. The monoisotopic (exact) mass is 362 g/mol. The third-order valence-corrected chi connectivity index (χ3v) is 5.32. The Bertz CT molecular complexity index is 929. The van der Waals surface area contributed by atoms with Crippen LogP contribution in [0.5, 0.6) is 0 Å². The molecule has 1 aliphatic heterocycles. The minimum absolute atomic E-state index is 0.0909. The zero-order chi connectivity index (χ0) is 18.8. The van der Waals surface area contributed by atoms with E-state index in [4.69, 9.17) is 0 Å². The zero-order valence-electron chi connectivity index (χ0n) is 15.9. The Hall–Kier alpha value is -2.82. The van der Waals surface area contributed by atoms with Crippen molar-refractivity contribution in [3.8, 4) is 0 Å². The highest BCUT2D eigenvalue weighted by Gasteiger charge is 2.24. The Morgan fingerprint density at radius 1 is 1.22 bits per heavy atom. The minimum Gasteiger partial charge on any atom is -0.381 e. The van der Waals surface area contributed by atoms with E-state index >= 15 is 0 Å². The molecule has 3 aromatic rings. The molecule has 0 spiro atoms. The predicted molar refractivity (Wildman–Crippen MR) is 109 cm³/mol. The molecule has 2 heterocycles. The first-order valence-corrected chi connectivity index (χ1v) is 9.69. The van der Waals surface area contributed by atoms with Crippen LogP contribution in [-0.2, 0) is 0 Å². The quantitative estimate of drug-likeness (QED) is 0.723. The number of carbonyl (C=O) groups is 1. The molecule has 1 aromatic heterocycles. The van der Waals surface area contributed by atoms with Crippen LogP contribution in [0.1, 0.15) is 48.5 Å². The van der Waals surface area contributed by atoms with Crippen LogP contribution in [0, 0.1) is 0 Å². The standard InChI is InChI=1S/C22H26N4O/c1-15(2)16-5-8-18(9-6-16)25-19-4-3-11-26(13-19)22(27)17-7-10-20-21(12-17)24-14-23-20/h5-10,12,14-15,19,25H,3-4,11,13H2,1-2H3,(H,23,24). The summed E-state index contributed by atoms with van der Waals surface area (Å²) in [6.45, 7) is 5.94. The molecule has 0 aliphatic carbocycles. The molecule has 0 saturated carbocycles. The molecular formula is C22H26N4O. The molecule has 2 N–H and O–H groups in total. The van der Waals surface area contributed by atoms with Crippen molar-refractivity contribution in [2.24, 2.45) is 0 Å². The van der Waals surface area contributed by atoms with Crippen LogP contribution >= 0.6 is 0 Å². The number of hydrogen-bond donors (Lipinski definition) is 2. The van der Waals surface area contributed by atoms with Crippen molar-refractivity contribution in [2.45, 2.75) is 38.6 Å². The normalized spacial score (nSPS) is 17.4. The van der Waals surface area contributed by atoms with E-state index < -0.39 is 0 Å². The Morgan fingerprint density at radius 2 is 2.04 bits per heavy atom. The summed E-state index contributed by atoms with van der Waals surface area (Å²) in [4.78, 5) is 22.2. The van der Waals surface area contributed by atoms with Crippen LogP contribution in [0.25, 0.3) is 11.0 Å². The molecule has 5 nitrogen and oxygen atoms in total. The average molecular weight is 362 g/mol. The summed E-state index contributed by atoms with van der Waals surface area (Å²) in [5.74, 6) is 0.627. The van der Waals surface area contributed by atoms with Crippen molar-refractivity contribution < 1.29 is 4.79 Å². The Balaban J connectivity index is 1.43. The lowest BCUT2D eigenvalue weighted by atomic mass is 10.0. The fourth-order valence-corrected chi connectivity index (χ4v) is 3.73. The molecule has 1 aliphatic rings. The fourth-order valence-electron chi connectivity index (χ4n) is 3.73. The minimum atomic E-state index is 0.0909. The summed E-state index contributed by atoms with van der Waals surface area (Å²) in [5, 5.41) is 3.60. The highest BCUT2D eigenvalue weighted by molar-refractivity contribution is 5.97. The van der Waals surface area contributed by atoms with Crippen LogP contribution in [0.15, 0.2) is 48.8 Å². The molecule has 27 heavy (non-hydrogen) atoms. The number of aromatic nitrogens is 2. The van der Waals surface area contributed by atoms with Crippen molar-refractivity contribution >= 4 is 22.6 Å². The van der Waals surface area contributed by atoms with Gasteiger partial charge in [-0.05, 0) is 54.7 Å². The molecule has 140 valence electrons. The highest BCUT2D eigenvalue weighted by Crippen LogP contribution is 2.21. The topological polar surface area (TPSA) is 61.0 Å². The summed E-state index contributed by atoms with van der Waals surface area (Å²) >= 11 is 0. The van der Waals surface area contributed by atoms with Gasteiger partial charge in [0.05, 0.1) is 17.4 Å². The van der Waals surface area contributed by atoms with E-state index in [0.717, 1.165) is 42.7 Å². The highest BCUT2D eigenvalue weighted by atomic mass is 16.2. The molecule has 1 atom stereocenters. The summed E-state index contributed by atoms with van der Waals surface area (Å²) < 4.78 is 0. The van der Waals surface area contributed by atoms with Crippen LogP contribution in [0.2, 0.25) is 0 Å². The summed E-state index contributed by atoms with van der Waals surface area (Å²) in [6.07, 6.45) is 3.75. The van der Waals surface area contributed by atoms with Gasteiger partial charge in [-0.1, -0.05) is 26.0 Å². The second kappa shape index (κ2) is 7.43. The van der Waals surface area contributed by atoms with Crippen LogP contribution in [0.4, 0.5) is 5.69 Å². The average Bonchev–Trinajstić information content (AvgIpc) is 3.16. The van der Waals surface area contributed by atoms with Crippen molar-refractivity contribution in [1.82, 2.24) is 14.9 Å². The van der Waals surface area contributed by atoms with Gasteiger partial charge in [0, 0.05) is 30.4 Å². The van der Waals surface area contributed by atoms with Gasteiger partial charge < -0.3 is 15.2 Å². The van der Waals surface area contributed by atoms with Gasteiger partial charge >= 0.3 is 0 Å². The number of H-pyrrole nitrogens is 1. The Kier molecular flexibility index (Phi) is 4.84. The van der Waals surface area contributed by atoms with Gasteiger partial charge in [0.2, 0.25) is 0 Å². The number of amides is 1. The SMILES string of the molecule is CC(C)c1ccc(NC2CCCN(C(=O)c3ccc4nc[nH]c4c3)C2)cc1. The van der Waals surface area contributed by atoms with Crippen LogP contribution in [-0.4, -0.2) is 39.9 Å². The third-order valence-electron chi connectivity index (χ3n) is 5.32. The number of likely N-dealkylation sites (tertiary alicyclic amines) is 1. The number of imidazole rings is 1. The van der Waals surface area contributed by atoms with Crippen molar-refractivity contribution in [2.75, 3.05) is 18.4 Å². The molecular weight excluding hydrogens is 336 g/mol. The lowest BCUT2D eigenvalue weighted by molar-refractivity contribution is 0.0715. The number of piperidine rings is 1. The molecule has 1 amide bonds. The van der Waals surface area contributed by atoms with E-state index in [1.165, 1.54) is 5.56 Å². The molecule has 0 bridgehead atoms. The number of benzene rings is 2. The van der Waals surface area contributed by atoms with Crippen molar-refractivity contribution in [3.63, 3.8) is 0 Å². The number of hydrogen-bond acceptors (Lipinski definition) is 3. The maximum atomic E-state index is 12.9. The zero-order valence-corrected chi connectivity index (χ0v) is 15.9. The fraction of sp³-hybridized carbons (Fsp3) is 0.364. The van der Waals surface area contributed by atoms with Crippen LogP contribution < -0.4 is 5.32 Å². The number of aromatic amines is 1. The lowest BCUT2D eigenvalue weighted by Crippen LogP contribution is -2.45. The molecule has 5 heteroatoms. The van der Waals surface area contributed by atoms with Gasteiger partial charge in [-0.25, -0.2) is 4.98 Å². The predicted octanol–water partition coefficient (Wildman–Crippen LogP) is 4.40. The maximum absolute atomic E-state index is 12.9. The van der Waals surface area contributed by atoms with Gasteiger partial charge in [0.1, 0.15) is 0 Å². The lowest BCUT2D eigenvalue weighted by Gasteiger charge is -2.34. The number of rotatable bonds is 4. The molecule has 1 fully saturated rings. The molecule has 1 saturated heterocycles. The second-order valence-electron chi connectivity index (χ2n) is 7.65. The number of fused-ring (bicyclic) bond motifs is 1. The van der Waals surface area contributed by atoms with Crippen molar-refractivity contribution in [3.05, 3.63) is 59.9 Å². The molecule has 2 aromatic carbocycles. The van der Waals surface area contributed by atoms with Gasteiger partial charge in [-0.15, -0.1) is 0 Å². The van der Waals surface area contributed by atoms with Gasteiger partial charge in [0.15, 0.2) is 0 Å². The van der Waals surface area contributed by atoms with Crippen molar-refractivity contribution in [1.29, 1.82) is 0 Å². The van der Waals surface area contributed by atoms with Gasteiger partial charge in [-0.3, -0.25) is 4.79 Å². The van der Waals surface area contributed by atoms with Gasteiger partial charge in [-0.2, -0.15) is 0 Å². The summed E-state index contributed by atoms with van der Waals surface area (Å²) in [7, 11) is 0. The van der Waals surface area contributed by atoms with E-state index in [1.54, 1.807) is 6.33 Å². The summed E-state index contributed by atoms with van der Waals surface area (Å²) in [6, 6.07) is 14.6. The van der Waals surface area contributed by atoms with E-state index in [9.17, 15) is 4.79 Å². The largest absolute Gasteiger partial charge is 0.381 e.